The van der Waals surface area contributed by atoms with E-state index in [0.717, 1.165) is 11.0 Å². The maximum absolute atomic E-state index is 11.6. The topological polar surface area (TPSA) is 111 Å². The van der Waals surface area contributed by atoms with Gasteiger partial charge in [0.15, 0.2) is 0 Å². The van der Waals surface area contributed by atoms with Crippen LogP contribution in [0.2, 0.25) is 0 Å². The second kappa shape index (κ2) is 8.27. The lowest BCUT2D eigenvalue weighted by Gasteiger charge is -2.19. The lowest BCUT2D eigenvalue weighted by Crippen LogP contribution is -2.17. The molecule has 0 bridgehead atoms. The predicted octanol–water partition coefficient (Wildman–Crippen LogP) is 3.93. The Kier molecular flexibility index (Phi) is 5.35. The molecule has 10 heteroatoms. The summed E-state index contributed by atoms with van der Waals surface area (Å²) in [6.07, 6.45) is 5.21. The standard InChI is InChI=1S/C21H21N7O3/c1-4-26(2)16-13-18(31-3)15(12-17(16)28(29)30)24-21-23-10-7-19(25-21)27-11-8-14-6-5-9-22-20(14)27/h5-13H,4H2,1-3H3,(H,23,24,25). The summed E-state index contributed by atoms with van der Waals surface area (Å²) in [6, 6.07) is 10.6. The number of ether oxygens (including phenoxy) is 1. The fourth-order valence-corrected chi connectivity index (χ4v) is 3.26. The maximum Gasteiger partial charge on any atom is 0.294 e. The number of nitrogens with one attached hydrogen (secondary N) is 1. The quantitative estimate of drug-likeness (QED) is 0.354. The van der Waals surface area contributed by atoms with Crippen LogP contribution in [0.3, 0.4) is 0 Å². The van der Waals surface area contributed by atoms with E-state index in [1.165, 1.54) is 13.2 Å². The van der Waals surface area contributed by atoms with E-state index in [9.17, 15) is 10.1 Å². The molecule has 3 aromatic heterocycles. The van der Waals surface area contributed by atoms with E-state index >= 15 is 0 Å². The molecule has 0 saturated carbocycles. The van der Waals surface area contributed by atoms with Crippen LogP contribution < -0.4 is 15.0 Å². The number of fused-ring (bicyclic) bond motifs is 1. The molecular formula is C21H21N7O3. The van der Waals surface area contributed by atoms with Gasteiger partial charge in [0.2, 0.25) is 5.95 Å². The van der Waals surface area contributed by atoms with E-state index in [-0.39, 0.29) is 11.6 Å². The molecule has 3 heterocycles. The molecule has 4 rings (SSSR count). The van der Waals surface area contributed by atoms with Crippen LogP contribution >= 0.6 is 0 Å². The zero-order valence-electron chi connectivity index (χ0n) is 17.3. The second-order valence-electron chi connectivity index (χ2n) is 6.78. The molecule has 0 aliphatic heterocycles. The van der Waals surface area contributed by atoms with Crippen molar-refractivity contribution in [3.8, 4) is 11.6 Å². The maximum atomic E-state index is 11.6. The number of nitro benzene ring substituents is 1. The molecule has 0 aliphatic carbocycles. The molecule has 31 heavy (non-hydrogen) atoms. The Hall–Kier alpha value is -4.21. The summed E-state index contributed by atoms with van der Waals surface area (Å²) in [5.74, 6) is 1.34. The van der Waals surface area contributed by atoms with Gasteiger partial charge >= 0.3 is 0 Å². The van der Waals surface area contributed by atoms with Gasteiger partial charge in [-0.05, 0) is 31.2 Å². The van der Waals surface area contributed by atoms with E-state index in [2.05, 4.69) is 20.3 Å². The largest absolute Gasteiger partial charge is 0.494 e. The smallest absolute Gasteiger partial charge is 0.294 e. The number of rotatable bonds is 7. The summed E-state index contributed by atoms with van der Waals surface area (Å²) in [5, 5.41) is 15.7. The van der Waals surface area contributed by atoms with Crippen LogP contribution in [0.4, 0.5) is 23.0 Å². The van der Waals surface area contributed by atoms with Crippen molar-refractivity contribution in [3.05, 3.63) is 65.1 Å². The molecule has 158 valence electrons. The van der Waals surface area contributed by atoms with E-state index in [4.69, 9.17) is 4.74 Å². The van der Waals surface area contributed by atoms with Crippen molar-refractivity contribution in [3.63, 3.8) is 0 Å². The molecule has 0 radical (unpaired) electrons. The van der Waals surface area contributed by atoms with Crippen LogP contribution in [0.25, 0.3) is 16.9 Å². The number of pyridine rings is 1. The highest BCUT2D eigenvalue weighted by atomic mass is 16.6. The molecule has 0 saturated heterocycles. The molecule has 10 nitrogen and oxygen atoms in total. The normalized spacial score (nSPS) is 10.8. The molecule has 0 aliphatic rings. The van der Waals surface area contributed by atoms with Crippen molar-refractivity contribution in [2.75, 3.05) is 30.9 Å². The van der Waals surface area contributed by atoms with Gasteiger partial charge in [0.1, 0.15) is 22.9 Å². The summed E-state index contributed by atoms with van der Waals surface area (Å²) in [4.78, 5) is 26.2. The zero-order chi connectivity index (χ0) is 22.0. The Morgan fingerprint density at radius 1 is 1.23 bits per heavy atom. The summed E-state index contributed by atoms with van der Waals surface area (Å²) in [7, 11) is 3.30. The number of benzene rings is 1. The molecule has 1 N–H and O–H groups in total. The highest BCUT2D eigenvalue weighted by molar-refractivity contribution is 5.78. The van der Waals surface area contributed by atoms with Gasteiger partial charge < -0.3 is 15.0 Å². The minimum atomic E-state index is -0.416. The molecule has 4 aromatic rings. The lowest BCUT2D eigenvalue weighted by molar-refractivity contribution is -0.384. The minimum absolute atomic E-state index is 0.0376. The monoisotopic (exact) mass is 419 g/mol. The van der Waals surface area contributed by atoms with Crippen LogP contribution in [-0.2, 0) is 0 Å². The van der Waals surface area contributed by atoms with Crippen molar-refractivity contribution in [2.24, 2.45) is 0 Å². The molecular weight excluding hydrogens is 398 g/mol. The number of nitro groups is 1. The summed E-state index contributed by atoms with van der Waals surface area (Å²) >= 11 is 0. The Labute approximate surface area is 178 Å². The van der Waals surface area contributed by atoms with Crippen molar-refractivity contribution in [1.82, 2.24) is 19.5 Å². The highest BCUT2D eigenvalue weighted by Crippen LogP contribution is 2.38. The van der Waals surface area contributed by atoms with Crippen molar-refractivity contribution in [1.29, 1.82) is 0 Å². The summed E-state index contributed by atoms with van der Waals surface area (Å²) in [6.45, 7) is 2.53. The van der Waals surface area contributed by atoms with Gasteiger partial charge in [-0.3, -0.25) is 14.7 Å². The number of hydrogen-bond donors (Lipinski definition) is 1. The number of nitrogens with zero attached hydrogens (tertiary/aromatic N) is 6. The second-order valence-corrected chi connectivity index (χ2v) is 6.78. The molecule has 0 unspecified atom stereocenters. The molecule has 0 amide bonds. The Morgan fingerprint density at radius 2 is 2.06 bits per heavy atom. The number of aromatic nitrogens is 4. The van der Waals surface area contributed by atoms with E-state index < -0.39 is 4.92 Å². The Balaban J connectivity index is 1.73. The van der Waals surface area contributed by atoms with Crippen molar-refractivity contribution >= 4 is 34.0 Å². The van der Waals surface area contributed by atoms with Crippen molar-refractivity contribution < 1.29 is 9.66 Å². The van der Waals surface area contributed by atoms with Gasteiger partial charge in [0, 0.05) is 49.7 Å². The van der Waals surface area contributed by atoms with E-state index in [1.807, 2.05) is 35.9 Å². The third-order valence-electron chi connectivity index (χ3n) is 4.96. The van der Waals surface area contributed by atoms with Gasteiger partial charge in [-0.1, -0.05) is 0 Å². The molecule has 0 spiro atoms. The minimum Gasteiger partial charge on any atom is -0.494 e. The SMILES string of the molecule is CCN(C)c1cc(OC)c(Nc2nccc(-n3ccc4cccnc43)n2)cc1[N+](=O)[O-]. The third kappa shape index (κ3) is 3.82. The highest BCUT2D eigenvalue weighted by Gasteiger charge is 2.22. The van der Waals surface area contributed by atoms with Gasteiger partial charge in [0.25, 0.3) is 5.69 Å². The van der Waals surface area contributed by atoms with E-state index in [1.54, 1.807) is 36.5 Å². The van der Waals surface area contributed by atoms with Gasteiger partial charge in [0.05, 0.1) is 17.7 Å². The van der Waals surface area contributed by atoms with Crippen LogP contribution in [0, 0.1) is 10.1 Å². The predicted molar refractivity (Wildman–Crippen MR) is 119 cm³/mol. The Morgan fingerprint density at radius 3 is 2.81 bits per heavy atom. The van der Waals surface area contributed by atoms with Gasteiger partial charge in [-0.25, -0.2) is 9.97 Å². The van der Waals surface area contributed by atoms with Crippen LogP contribution in [0.15, 0.2) is 55.0 Å². The first-order valence-electron chi connectivity index (χ1n) is 9.62. The van der Waals surface area contributed by atoms with Gasteiger partial charge in [-0.2, -0.15) is 4.98 Å². The first kappa shape index (κ1) is 20.1. The average molecular weight is 419 g/mol. The van der Waals surface area contributed by atoms with Crippen LogP contribution in [0.5, 0.6) is 5.75 Å². The Bertz CT molecular complexity index is 1250. The molecule has 0 atom stereocenters. The number of anilines is 3. The van der Waals surface area contributed by atoms with Crippen LogP contribution in [-0.4, -0.2) is 45.1 Å². The molecule has 1 aromatic carbocycles. The summed E-state index contributed by atoms with van der Waals surface area (Å²) < 4.78 is 7.31. The fourth-order valence-electron chi connectivity index (χ4n) is 3.26. The first-order valence-corrected chi connectivity index (χ1v) is 9.62. The van der Waals surface area contributed by atoms with Gasteiger partial charge in [-0.15, -0.1) is 0 Å². The average Bonchev–Trinajstić information content (AvgIpc) is 3.22. The van der Waals surface area contributed by atoms with E-state index in [0.29, 0.717) is 29.5 Å². The van der Waals surface area contributed by atoms with Crippen LogP contribution in [0.1, 0.15) is 6.92 Å². The number of hydrogen-bond acceptors (Lipinski definition) is 8. The zero-order valence-corrected chi connectivity index (χ0v) is 17.3. The molecule has 0 fully saturated rings. The van der Waals surface area contributed by atoms with Crippen molar-refractivity contribution in [2.45, 2.75) is 6.92 Å². The number of methoxy groups -OCH3 is 1. The fraction of sp³-hybridized carbons (Fsp3) is 0.190. The lowest BCUT2D eigenvalue weighted by atomic mass is 10.2. The first-order chi connectivity index (χ1) is 15.0. The third-order valence-corrected chi connectivity index (χ3v) is 4.96. The summed E-state index contributed by atoms with van der Waals surface area (Å²) in [5.41, 5.74) is 1.60.